The average Bonchev–Trinajstić information content (AvgIpc) is 2.77. The van der Waals surface area contributed by atoms with Gasteiger partial charge in [-0.05, 0) is 38.7 Å². The van der Waals surface area contributed by atoms with Crippen molar-refractivity contribution in [2.24, 2.45) is 0 Å². The van der Waals surface area contributed by atoms with Crippen LogP contribution in [0.2, 0.25) is 0 Å². The molecule has 1 saturated heterocycles. The lowest BCUT2D eigenvalue weighted by atomic mass is 9.78. The number of hydrogen-bond acceptors (Lipinski definition) is 5. The van der Waals surface area contributed by atoms with Crippen molar-refractivity contribution in [2.75, 3.05) is 19.0 Å². The van der Waals surface area contributed by atoms with Crippen molar-refractivity contribution in [3.8, 4) is 0 Å². The minimum Gasteiger partial charge on any atom is -0.399 e. The van der Waals surface area contributed by atoms with Crippen LogP contribution in [0.4, 0.5) is 5.69 Å². The zero-order chi connectivity index (χ0) is 19.1. The number of aromatic nitrogens is 2. The van der Waals surface area contributed by atoms with Crippen LogP contribution in [-0.4, -0.2) is 42.2 Å². The van der Waals surface area contributed by atoms with E-state index < -0.39 is 7.12 Å². The molecule has 7 heteroatoms. The van der Waals surface area contributed by atoms with Crippen LogP contribution in [0.5, 0.6) is 0 Å². The minimum absolute atomic E-state index is 0.128. The van der Waals surface area contributed by atoms with Crippen molar-refractivity contribution >= 4 is 18.3 Å². The van der Waals surface area contributed by atoms with Gasteiger partial charge in [-0.15, -0.1) is 0 Å². The summed E-state index contributed by atoms with van der Waals surface area (Å²) >= 11 is 0. The summed E-state index contributed by atoms with van der Waals surface area (Å²) in [6.07, 6.45) is 1.69. The van der Waals surface area contributed by atoms with Crippen LogP contribution >= 0.6 is 0 Å². The highest BCUT2D eigenvalue weighted by Crippen LogP contribution is 2.36. The van der Waals surface area contributed by atoms with Gasteiger partial charge < -0.3 is 14.2 Å². The third-order valence-corrected chi connectivity index (χ3v) is 5.18. The Labute approximate surface area is 154 Å². The molecule has 1 fully saturated rings. The molecule has 2 aromatic rings. The average molecular weight is 355 g/mol. The summed E-state index contributed by atoms with van der Waals surface area (Å²) in [5.41, 5.74) is 1.82. The Balaban J connectivity index is 1.82. The van der Waals surface area contributed by atoms with Gasteiger partial charge in [-0.25, -0.2) is 4.68 Å². The van der Waals surface area contributed by atoms with E-state index in [0.29, 0.717) is 6.54 Å². The van der Waals surface area contributed by atoms with Gasteiger partial charge in [0.1, 0.15) is 0 Å². The van der Waals surface area contributed by atoms with Crippen molar-refractivity contribution < 1.29 is 9.31 Å². The molecule has 1 aliphatic heterocycles. The highest BCUT2D eigenvalue weighted by Gasteiger charge is 2.51. The maximum atomic E-state index is 12.3. The molecule has 1 aromatic carbocycles. The SMILES string of the molecule is CN(C)c1cnn(Cc2cccc(B3OC(C)(C)C(C)(C)O3)c2)c(=O)c1. The van der Waals surface area contributed by atoms with Gasteiger partial charge in [-0.2, -0.15) is 5.10 Å². The third kappa shape index (κ3) is 3.55. The summed E-state index contributed by atoms with van der Waals surface area (Å²) in [5, 5.41) is 4.27. The summed E-state index contributed by atoms with van der Waals surface area (Å²) < 4.78 is 13.7. The summed E-state index contributed by atoms with van der Waals surface area (Å²) in [4.78, 5) is 14.1. The molecular formula is C19H26BN3O3. The van der Waals surface area contributed by atoms with E-state index in [-0.39, 0.29) is 16.8 Å². The molecule has 0 unspecified atom stereocenters. The molecule has 0 N–H and O–H groups in total. The lowest BCUT2D eigenvalue weighted by Gasteiger charge is -2.32. The van der Waals surface area contributed by atoms with Crippen LogP contribution in [0, 0.1) is 0 Å². The van der Waals surface area contributed by atoms with Crippen molar-refractivity contribution in [1.29, 1.82) is 0 Å². The molecule has 0 radical (unpaired) electrons. The van der Waals surface area contributed by atoms with E-state index in [1.54, 1.807) is 12.3 Å². The van der Waals surface area contributed by atoms with Crippen molar-refractivity contribution in [3.63, 3.8) is 0 Å². The fraction of sp³-hybridized carbons (Fsp3) is 0.474. The number of nitrogens with zero attached hydrogens (tertiary/aromatic N) is 3. The molecule has 6 nitrogen and oxygen atoms in total. The number of hydrogen-bond donors (Lipinski definition) is 0. The Bertz CT molecular complexity index is 845. The van der Waals surface area contributed by atoms with Crippen molar-refractivity contribution in [1.82, 2.24) is 9.78 Å². The summed E-state index contributed by atoms with van der Waals surface area (Å²) in [7, 11) is 3.35. The Kier molecular flexibility index (Phi) is 4.71. The lowest BCUT2D eigenvalue weighted by molar-refractivity contribution is 0.00578. The molecule has 1 aliphatic rings. The first-order chi connectivity index (χ1) is 12.1. The third-order valence-electron chi connectivity index (χ3n) is 5.18. The molecule has 0 spiro atoms. The molecule has 2 heterocycles. The molecule has 138 valence electrons. The largest absolute Gasteiger partial charge is 0.494 e. The van der Waals surface area contributed by atoms with Crippen molar-refractivity contribution in [3.05, 3.63) is 52.4 Å². The molecule has 1 aromatic heterocycles. The highest BCUT2D eigenvalue weighted by atomic mass is 16.7. The number of anilines is 1. The van der Waals surface area contributed by atoms with Gasteiger partial charge in [0.2, 0.25) is 0 Å². The molecular weight excluding hydrogens is 329 g/mol. The predicted molar refractivity (Wildman–Crippen MR) is 104 cm³/mol. The van der Waals surface area contributed by atoms with Crippen LogP contribution in [0.3, 0.4) is 0 Å². The smallest absolute Gasteiger partial charge is 0.399 e. The normalized spacial score (nSPS) is 18.2. The van der Waals surface area contributed by atoms with E-state index in [4.69, 9.17) is 9.31 Å². The monoisotopic (exact) mass is 355 g/mol. The zero-order valence-electron chi connectivity index (χ0n) is 16.3. The Morgan fingerprint density at radius 1 is 1.12 bits per heavy atom. The fourth-order valence-corrected chi connectivity index (χ4v) is 2.78. The molecule has 0 atom stereocenters. The summed E-state index contributed by atoms with van der Waals surface area (Å²) in [5.74, 6) is 0. The van der Waals surface area contributed by atoms with E-state index >= 15 is 0 Å². The Hall–Kier alpha value is -2.12. The molecule has 0 saturated carbocycles. The standard InChI is InChI=1S/C19H26BN3O3/c1-18(2)19(3,4)26-20(25-18)15-9-7-8-14(10-15)13-23-17(24)11-16(12-21-23)22(5)6/h7-12H,13H2,1-6H3. The molecule has 0 aliphatic carbocycles. The van der Waals surface area contributed by atoms with E-state index in [0.717, 1.165) is 16.7 Å². The van der Waals surface area contributed by atoms with Gasteiger partial charge in [0.05, 0.1) is 29.6 Å². The van der Waals surface area contributed by atoms with Gasteiger partial charge in [0.25, 0.3) is 5.56 Å². The van der Waals surface area contributed by atoms with Gasteiger partial charge in [-0.3, -0.25) is 4.79 Å². The van der Waals surface area contributed by atoms with E-state index in [2.05, 4.69) is 5.10 Å². The second-order valence-electron chi connectivity index (χ2n) is 7.94. The Morgan fingerprint density at radius 2 is 1.77 bits per heavy atom. The topological polar surface area (TPSA) is 56.6 Å². The van der Waals surface area contributed by atoms with Gasteiger partial charge in [0.15, 0.2) is 0 Å². The summed E-state index contributed by atoms with van der Waals surface area (Å²) in [6.45, 7) is 8.54. The first-order valence-corrected chi connectivity index (χ1v) is 8.78. The van der Waals surface area contributed by atoms with Crippen LogP contribution in [0.1, 0.15) is 33.3 Å². The zero-order valence-corrected chi connectivity index (χ0v) is 16.3. The first kappa shape index (κ1) is 18.7. The van der Waals surface area contributed by atoms with Gasteiger partial charge in [-0.1, -0.05) is 24.3 Å². The number of benzene rings is 1. The van der Waals surface area contributed by atoms with Crippen LogP contribution in [0.25, 0.3) is 0 Å². The van der Waals surface area contributed by atoms with Gasteiger partial charge >= 0.3 is 7.12 Å². The van der Waals surface area contributed by atoms with E-state index in [9.17, 15) is 4.79 Å². The van der Waals surface area contributed by atoms with Crippen LogP contribution in [-0.2, 0) is 15.9 Å². The molecule has 0 amide bonds. The molecule has 0 bridgehead atoms. The lowest BCUT2D eigenvalue weighted by Crippen LogP contribution is -2.41. The first-order valence-electron chi connectivity index (χ1n) is 8.78. The summed E-state index contributed by atoms with van der Waals surface area (Å²) in [6, 6.07) is 9.51. The second-order valence-corrected chi connectivity index (χ2v) is 7.94. The number of rotatable bonds is 4. The second kappa shape index (κ2) is 6.56. The highest BCUT2D eigenvalue weighted by molar-refractivity contribution is 6.62. The predicted octanol–water partition coefficient (Wildman–Crippen LogP) is 1.66. The quantitative estimate of drug-likeness (QED) is 0.781. The van der Waals surface area contributed by atoms with E-state index in [1.165, 1.54) is 4.68 Å². The van der Waals surface area contributed by atoms with E-state index in [1.807, 2.05) is 71.0 Å². The Morgan fingerprint density at radius 3 is 2.35 bits per heavy atom. The van der Waals surface area contributed by atoms with Crippen LogP contribution < -0.4 is 15.9 Å². The minimum atomic E-state index is -0.416. The molecule has 26 heavy (non-hydrogen) atoms. The maximum Gasteiger partial charge on any atom is 0.494 e. The fourth-order valence-electron chi connectivity index (χ4n) is 2.78. The van der Waals surface area contributed by atoms with Crippen LogP contribution in [0.15, 0.2) is 41.3 Å². The maximum absolute atomic E-state index is 12.3. The van der Waals surface area contributed by atoms with Gasteiger partial charge in [0, 0.05) is 20.2 Å². The molecule has 3 rings (SSSR count). The van der Waals surface area contributed by atoms with Crippen molar-refractivity contribution in [2.45, 2.75) is 45.4 Å².